The summed E-state index contributed by atoms with van der Waals surface area (Å²) in [5, 5.41) is 0. The Morgan fingerprint density at radius 2 is 0.541 bits per heavy atom. The zero-order valence-electron chi connectivity index (χ0n) is 41.6. The lowest BCUT2D eigenvalue weighted by molar-refractivity contribution is -0.167. The molecule has 0 amide bonds. The second kappa shape index (κ2) is 49.4. The maximum atomic E-state index is 12.8. The molecule has 0 saturated heterocycles. The van der Waals surface area contributed by atoms with E-state index in [1.807, 2.05) is 0 Å². The third-order valence-corrected chi connectivity index (χ3v) is 12.5. The Morgan fingerprint density at radius 3 is 0.803 bits per heavy atom. The molecule has 0 N–H and O–H groups in total. The molecule has 0 aromatic heterocycles. The van der Waals surface area contributed by atoms with Gasteiger partial charge in [0.1, 0.15) is 13.2 Å². The fourth-order valence-electron chi connectivity index (χ4n) is 8.39. The van der Waals surface area contributed by atoms with E-state index in [1.54, 1.807) is 0 Å². The highest BCUT2D eigenvalue weighted by atomic mass is 16.6. The zero-order valence-corrected chi connectivity index (χ0v) is 41.6. The van der Waals surface area contributed by atoms with Gasteiger partial charge in [0.2, 0.25) is 0 Å². The Labute approximate surface area is 380 Å². The van der Waals surface area contributed by atoms with Crippen molar-refractivity contribution < 1.29 is 28.6 Å². The van der Waals surface area contributed by atoms with Crippen molar-refractivity contribution in [3.63, 3.8) is 0 Å². The van der Waals surface area contributed by atoms with E-state index in [-0.39, 0.29) is 31.1 Å². The molecule has 0 aromatic carbocycles. The minimum absolute atomic E-state index is 0.0627. The summed E-state index contributed by atoms with van der Waals surface area (Å²) >= 11 is 0. The number of esters is 3. The monoisotopic (exact) mass is 863 g/mol. The van der Waals surface area contributed by atoms with Crippen molar-refractivity contribution in [3.8, 4) is 0 Å². The Kier molecular flexibility index (Phi) is 48.1. The zero-order chi connectivity index (χ0) is 44.5. The summed E-state index contributed by atoms with van der Waals surface area (Å²) < 4.78 is 16.8. The molecule has 0 saturated carbocycles. The minimum Gasteiger partial charge on any atom is -0.462 e. The Morgan fingerprint density at radius 1 is 0.311 bits per heavy atom. The third kappa shape index (κ3) is 49.3. The minimum atomic E-state index is -0.759. The molecule has 0 heterocycles. The van der Waals surface area contributed by atoms with Crippen molar-refractivity contribution in [2.45, 2.75) is 316 Å². The van der Waals surface area contributed by atoms with Gasteiger partial charge in [-0.1, -0.05) is 272 Å². The molecule has 0 aliphatic carbocycles. The van der Waals surface area contributed by atoms with E-state index in [4.69, 9.17) is 14.2 Å². The van der Waals surface area contributed by atoms with Crippen LogP contribution >= 0.6 is 0 Å². The van der Waals surface area contributed by atoms with Crippen LogP contribution in [0.3, 0.4) is 0 Å². The van der Waals surface area contributed by atoms with Gasteiger partial charge in [-0.3, -0.25) is 14.4 Å². The molecule has 61 heavy (non-hydrogen) atoms. The van der Waals surface area contributed by atoms with Crippen LogP contribution in [0.2, 0.25) is 0 Å². The predicted octanol–water partition coefficient (Wildman–Crippen LogP) is 17.8. The van der Waals surface area contributed by atoms with Crippen molar-refractivity contribution in [1.82, 2.24) is 0 Å². The van der Waals surface area contributed by atoms with Gasteiger partial charge in [-0.15, -0.1) is 0 Å². The van der Waals surface area contributed by atoms with Crippen LogP contribution in [0.4, 0.5) is 0 Å². The molecule has 0 fully saturated rings. The second-order valence-corrected chi connectivity index (χ2v) is 19.3. The standard InChI is InChI=1S/C55H106O6/c1-5-7-9-11-13-14-15-16-21-26-29-32-36-40-44-48-55(58)61-52(49-59-53(56)46-42-38-33-12-10-8-6-2)50-60-54(57)47-43-39-35-31-28-25-23-20-18-17-19-22-24-27-30-34-37-41-45-51(3)4/h51-52H,5-50H2,1-4H3/t52-/m1/s1. The first-order valence-electron chi connectivity index (χ1n) is 27.4. The maximum Gasteiger partial charge on any atom is 0.306 e. The molecular weight excluding hydrogens is 757 g/mol. The molecule has 6 nitrogen and oxygen atoms in total. The second-order valence-electron chi connectivity index (χ2n) is 19.3. The van der Waals surface area contributed by atoms with Crippen LogP contribution in [0.15, 0.2) is 0 Å². The smallest absolute Gasteiger partial charge is 0.306 e. The quantitative estimate of drug-likeness (QED) is 0.0344. The first kappa shape index (κ1) is 59.4. The van der Waals surface area contributed by atoms with E-state index >= 15 is 0 Å². The number of carbonyl (C=O) groups is 3. The fourth-order valence-corrected chi connectivity index (χ4v) is 8.39. The van der Waals surface area contributed by atoms with Gasteiger partial charge in [0.25, 0.3) is 0 Å². The van der Waals surface area contributed by atoms with E-state index in [9.17, 15) is 14.4 Å². The molecule has 0 unspecified atom stereocenters. The number of hydrogen-bond acceptors (Lipinski definition) is 6. The SMILES string of the molecule is CCCCCCCCCCCCCCCCCC(=O)O[C@H](COC(=O)CCCCCCCCC)COC(=O)CCCCCCCCCCCCCCCCCCCCC(C)C. The third-order valence-electron chi connectivity index (χ3n) is 12.5. The van der Waals surface area contributed by atoms with Crippen LogP contribution < -0.4 is 0 Å². The van der Waals surface area contributed by atoms with E-state index in [0.29, 0.717) is 19.3 Å². The lowest BCUT2D eigenvalue weighted by atomic mass is 10.0. The highest BCUT2D eigenvalue weighted by molar-refractivity contribution is 5.71. The molecule has 0 aromatic rings. The van der Waals surface area contributed by atoms with Gasteiger partial charge in [-0.2, -0.15) is 0 Å². The van der Waals surface area contributed by atoms with Crippen molar-refractivity contribution in [1.29, 1.82) is 0 Å². The molecular formula is C55H106O6. The van der Waals surface area contributed by atoms with Crippen LogP contribution in [-0.4, -0.2) is 37.2 Å². The maximum absolute atomic E-state index is 12.8. The summed E-state index contributed by atoms with van der Waals surface area (Å²) in [5.41, 5.74) is 0. The molecule has 0 bridgehead atoms. The van der Waals surface area contributed by atoms with Gasteiger partial charge >= 0.3 is 17.9 Å². The lowest BCUT2D eigenvalue weighted by Crippen LogP contribution is -2.30. The van der Waals surface area contributed by atoms with Gasteiger partial charge < -0.3 is 14.2 Å². The fraction of sp³-hybridized carbons (Fsp3) is 0.945. The Bertz CT molecular complexity index is 918. The highest BCUT2D eigenvalue weighted by Gasteiger charge is 2.19. The number of hydrogen-bond donors (Lipinski definition) is 0. The van der Waals surface area contributed by atoms with E-state index in [0.717, 1.165) is 63.7 Å². The highest BCUT2D eigenvalue weighted by Crippen LogP contribution is 2.18. The van der Waals surface area contributed by atoms with E-state index in [1.165, 1.54) is 205 Å². The van der Waals surface area contributed by atoms with Crippen molar-refractivity contribution >= 4 is 17.9 Å². The first-order chi connectivity index (χ1) is 29.9. The first-order valence-corrected chi connectivity index (χ1v) is 27.4. The number of unbranched alkanes of at least 4 members (excludes halogenated alkanes) is 37. The molecule has 0 aliphatic rings. The summed E-state index contributed by atoms with van der Waals surface area (Å²) in [6, 6.07) is 0. The van der Waals surface area contributed by atoms with Gasteiger partial charge in [0, 0.05) is 19.3 Å². The lowest BCUT2D eigenvalue weighted by Gasteiger charge is -2.18. The van der Waals surface area contributed by atoms with E-state index < -0.39 is 6.10 Å². The van der Waals surface area contributed by atoms with Crippen LogP contribution in [0.5, 0.6) is 0 Å². The van der Waals surface area contributed by atoms with Crippen LogP contribution in [0.1, 0.15) is 310 Å². The van der Waals surface area contributed by atoms with Gasteiger partial charge in [-0.05, 0) is 25.2 Å². The number of rotatable bonds is 50. The van der Waals surface area contributed by atoms with Crippen LogP contribution in [-0.2, 0) is 28.6 Å². The van der Waals surface area contributed by atoms with Crippen molar-refractivity contribution in [2.75, 3.05) is 13.2 Å². The molecule has 362 valence electrons. The van der Waals surface area contributed by atoms with Gasteiger partial charge in [0.05, 0.1) is 0 Å². The summed E-state index contributed by atoms with van der Waals surface area (Å²) in [6.07, 6.45) is 52.5. The molecule has 0 spiro atoms. The summed E-state index contributed by atoms with van der Waals surface area (Å²) in [5.74, 6) is 0.0118. The topological polar surface area (TPSA) is 78.9 Å². The molecule has 0 radical (unpaired) electrons. The molecule has 6 heteroatoms. The number of ether oxygens (including phenoxy) is 3. The molecule has 0 aliphatic heterocycles. The van der Waals surface area contributed by atoms with Crippen molar-refractivity contribution in [3.05, 3.63) is 0 Å². The van der Waals surface area contributed by atoms with E-state index in [2.05, 4.69) is 27.7 Å². The average molecular weight is 863 g/mol. The summed E-state index contributed by atoms with van der Waals surface area (Å²) in [7, 11) is 0. The Hall–Kier alpha value is -1.59. The van der Waals surface area contributed by atoms with Gasteiger partial charge in [-0.25, -0.2) is 0 Å². The normalized spacial score (nSPS) is 12.0. The summed E-state index contributed by atoms with van der Waals surface area (Å²) in [4.78, 5) is 37.8. The number of carbonyl (C=O) groups excluding carboxylic acids is 3. The average Bonchev–Trinajstić information content (AvgIpc) is 3.24. The largest absolute Gasteiger partial charge is 0.462 e. The van der Waals surface area contributed by atoms with Crippen LogP contribution in [0, 0.1) is 5.92 Å². The summed E-state index contributed by atoms with van der Waals surface area (Å²) in [6.45, 7) is 9.02. The predicted molar refractivity (Wildman–Crippen MR) is 261 cm³/mol. The molecule has 1 atom stereocenters. The van der Waals surface area contributed by atoms with Crippen LogP contribution in [0.25, 0.3) is 0 Å². The van der Waals surface area contributed by atoms with Gasteiger partial charge in [0.15, 0.2) is 6.10 Å². The Balaban J connectivity index is 4.13. The van der Waals surface area contributed by atoms with Crippen molar-refractivity contribution in [2.24, 2.45) is 5.92 Å². The molecule has 0 rings (SSSR count).